The number of carbonyl (C=O) groups is 1. The van der Waals surface area contributed by atoms with E-state index >= 15 is 0 Å². The van der Waals surface area contributed by atoms with E-state index in [4.69, 9.17) is 13.9 Å². The summed E-state index contributed by atoms with van der Waals surface area (Å²) in [4.78, 5) is 14.1. The van der Waals surface area contributed by atoms with Crippen molar-refractivity contribution in [2.45, 2.75) is 6.61 Å². The highest BCUT2D eigenvalue weighted by Crippen LogP contribution is 2.17. The number of methoxy groups -OCH3 is 1. The van der Waals surface area contributed by atoms with Crippen molar-refractivity contribution in [2.75, 3.05) is 39.7 Å². The highest BCUT2D eigenvalue weighted by Gasteiger charge is 2.11. The van der Waals surface area contributed by atoms with Gasteiger partial charge in [0, 0.05) is 19.3 Å². The third-order valence-electron chi connectivity index (χ3n) is 3.09. The zero-order chi connectivity index (χ0) is 16.7. The quantitative estimate of drug-likeness (QED) is 0.810. The van der Waals surface area contributed by atoms with Gasteiger partial charge in [-0.3, -0.25) is 4.79 Å². The molecule has 0 bridgehead atoms. The van der Waals surface area contributed by atoms with Crippen molar-refractivity contribution in [3.63, 3.8) is 0 Å². The van der Waals surface area contributed by atoms with Gasteiger partial charge in [0.1, 0.15) is 24.7 Å². The van der Waals surface area contributed by atoms with E-state index < -0.39 is 0 Å². The smallest absolute Gasteiger partial charge is 0.291 e. The zero-order valence-electron chi connectivity index (χ0n) is 13.7. The first-order valence-electron chi connectivity index (χ1n) is 7.35. The minimum atomic E-state index is -0.298. The molecule has 0 aliphatic rings. The van der Waals surface area contributed by atoms with Crippen LogP contribution in [0, 0.1) is 0 Å². The van der Waals surface area contributed by atoms with E-state index in [9.17, 15) is 4.79 Å². The van der Waals surface area contributed by atoms with Crippen molar-refractivity contribution >= 4 is 11.6 Å². The van der Waals surface area contributed by atoms with Gasteiger partial charge in [-0.15, -0.1) is 0 Å². The van der Waals surface area contributed by atoms with Crippen LogP contribution in [0.3, 0.4) is 0 Å². The Morgan fingerprint density at radius 3 is 2.57 bits per heavy atom. The molecule has 6 nitrogen and oxygen atoms in total. The minimum absolute atomic E-state index is 0.253. The molecule has 0 atom stereocenters. The molecule has 124 valence electrons. The molecule has 0 spiro atoms. The average molecular weight is 318 g/mol. The van der Waals surface area contributed by atoms with E-state index in [0.29, 0.717) is 24.7 Å². The molecule has 0 unspecified atom stereocenters. The number of rotatable bonds is 8. The standard InChI is InChI=1S/C17H22N2O4/c1-19(2)10-11-22-14-6-4-13(5-7-14)18-17(20)16-9-8-15(23-16)12-21-3/h4-9H,10-12H2,1-3H3,(H,18,20). The molecule has 0 aliphatic heterocycles. The number of hydrogen-bond donors (Lipinski definition) is 1. The lowest BCUT2D eigenvalue weighted by Crippen LogP contribution is -2.19. The lowest BCUT2D eigenvalue weighted by Gasteiger charge is -2.11. The molecular formula is C17H22N2O4. The Morgan fingerprint density at radius 2 is 1.91 bits per heavy atom. The van der Waals surface area contributed by atoms with E-state index in [-0.39, 0.29) is 11.7 Å². The molecule has 1 aromatic carbocycles. The lowest BCUT2D eigenvalue weighted by molar-refractivity contribution is 0.0987. The van der Waals surface area contributed by atoms with Crippen LogP contribution in [0.4, 0.5) is 5.69 Å². The summed E-state index contributed by atoms with van der Waals surface area (Å²) < 4.78 is 16.0. The predicted octanol–water partition coefficient (Wildman–Crippen LogP) is 2.62. The average Bonchev–Trinajstić information content (AvgIpc) is 2.98. The molecule has 0 aliphatic carbocycles. The van der Waals surface area contributed by atoms with Gasteiger partial charge >= 0.3 is 0 Å². The Kier molecular flexibility index (Phi) is 6.19. The number of nitrogens with zero attached hydrogens (tertiary/aromatic N) is 1. The van der Waals surface area contributed by atoms with Crippen molar-refractivity contribution in [2.24, 2.45) is 0 Å². The molecule has 1 aromatic heterocycles. The first-order valence-corrected chi connectivity index (χ1v) is 7.35. The van der Waals surface area contributed by atoms with E-state index in [2.05, 4.69) is 10.2 Å². The van der Waals surface area contributed by atoms with Crippen LogP contribution in [0.5, 0.6) is 5.75 Å². The second-order valence-electron chi connectivity index (χ2n) is 5.33. The van der Waals surface area contributed by atoms with Crippen LogP contribution in [-0.2, 0) is 11.3 Å². The second kappa shape index (κ2) is 8.36. The summed E-state index contributed by atoms with van der Waals surface area (Å²) >= 11 is 0. The third kappa shape index (κ3) is 5.43. The van der Waals surface area contributed by atoms with E-state index in [0.717, 1.165) is 12.3 Å². The molecule has 1 N–H and O–H groups in total. The van der Waals surface area contributed by atoms with Crippen molar-refractivity contribution in [3.8, 4) is 5.75 Å². The SMILES string of the molecule is COCc1ccc(C(=O)Nc2ccc(OCCN(C)C)cc2)o1. The Morgan fingerprint density at radius 1 is 1.17 bits per heavy atom. The molecular weight excluding hydrogens is 296 g/mol. The highest BCUT2D eigenvalue weighted by atomic mass is 16.5. The molecule has 23 heavy (non-hydrogen) atoms. The lowest BCUT2D eigenvalue weighted by atomic mass is 10.3. The van der Waals surface area contributed by atoms with Gasteiger partial charge in [0.15, 0.2) is 5.76 Å². The number of anilines is 1. The van der Waals surface area contributed by atoms with Crippen LogP contribution in [0.1, 0.15) is 16.3 Å². The van der Waals surface area contributed by atoms with Gasteiger partial charge in [0.2, 0.25) is 0 Å². The monoisotopic (exact) mass is 318 g/mol. The van der Waals surface area contributed by atoms with Gasteiger partial charge < -0.3 is 24.1 Å². The number of ether oxygens (including phenoxy) is 2. The predicted molar refractivity (Wildman–Crippen MR) is 87.9 cm³/mol. The first kappa shape index (κ1) is 17.1. The Bertz CT molecular complexity index is 620. The second-order valence-corrected chi connectivity index (χ2v) is 5.33. The van der Waals surface area contributed by atoms with Crippen LogP contribution in [0.25, 0.3) is 0 Å². The third-order valence-corrected chi connectivity index (χ3v) is 3.09. The largest absolute Gasteiger partial charge is 0.492 e. The molecule has 1 amide bonds. The van der Waals surface area contributed by atoms with Gasteiger partial charge in [-0.25, -0.2) is 0 Å². The van der Waals surface area contributed by atoms with Crippen LogP contribution in [0.15, 0.2) is 40.8 Å². The Hall–Kier alpha value is -2.31. The molecule has 2 rings (SSSR count). The number of furan rings is 1. The summed E-state index contributed by atoms with van der Waals surface area (Å²) in [5, 5.41) is 2.78. The number of carbonyl (C=O) groups excluding carboxylic acids is 1. The highest BCUT2D eigenvalue weighted by molar-refractivity contribution is 6.02. The topological polar surface area (TPSA) is 63.9 Å². The normalized spacial score (nSPS) is 10.8. The summed E-state index contributed by atoms with van der Waals surface area (Å²) in [7, 11) is 5.56. The fourth-order valence-electron chi connectivity index (χ4n) is 1.89. The van der Waals surface area contributed by atoms with E-state index in [1.54, 1.807) is 31.4 Å². The molecule has 2 aromatic rings. The van der Waals surface area contributed by atoms with Crippen molar-refractivity contribution in [3.05, 3.63) is 47.9 Å². The van der Waals surface area contributed by atoms with E-state index in [1.165, 1.54) is 0 Å². The fraction of sp³-hybridized carbons (Fsp3) is 0.353. The summed E-state index contributed by atoms with van der Waals surface area (Å²) in [5.74, 6) is 1.34. The maximum atomic E-state index is 12.1. The first-order chi connectivity index (χ1) is 11.1. The summed E-state index contributed by atoms with van der Waals surface area (Å²) in [6.07, 6.45) is 0. The fourth-order valence-corrected chi connectivity index (χ4v) is 1.89. The molecule has 0 saturated carbocycles. The summed E-state index contributed by atoms with van der Waals surface area (Å²) in [6.45, 7) is 1.81. The molecule has 1 heterocycles. The van der Waals surface area contributed by atoms with Crippen LogP contribution < -0.4 is 10.1 Å². The van der Waals surface area contributed by atoms with Crippen LogP contribution >= 0.6 is 0 Å². The Balaban J connectivity index is 1.88. The van der Waals surface area contributed by atoms with Gasteiger partial charge in [-0.1, -0.05) is 0 Å². The maximum Gasteiger partial charge on any atom is 0.291 e. The molecule has 6 heteroatoms. The molecule has 0 saturated heterocycles. The van der Waals surface area contributed by atoms with Crippen molar-refractivity contribution < 1.29 is 18.7 Å². The van der Waals surface area contributed by atoms with Crippen molar-refractivity contribution in [1.29, 1.82) is 0 Å². The Labute approximate surface area is 136 Å². The molecule has 0 fully saturated rings. The van der Waals surface area contributed by atoms with Crippen molar-refractivity contribution in [1.82, 2.24) is 4.90 Å². The van der Waals surface area contributed by atoms with Gasteiger partial charge in [0.25, 0.3) is 5.91 Å². The number of nitrogens with one attached hydrogen (secondary N) is 1. The van der Waals surface area contributed by atoms with Gasteiger partial charge in [-0.2, -0.15) is 0 Å². The number of likely N-dealkylation sites (N-methyl/N-ethyl adjacent to an activating group) is 1. The number of hydrogen-bond acceptors (Lipinski definition) is 5. The maximum absolute atomic E-state index is 12.1. The summed E-state index contributed by atoms with van der Waals surface area (Å²) in [6, 6.07) is 10.6. The van der Waals surface area contributed by atoms with Gasteiger partial charge in [-0.05, 0) is 50.5 Å². The molecule has 0 radical (unpaired) electrons. The van der Waals surface area contributed by atoms with E-state index in [1.807, 2.05) is 26.2 Å². The summed E-state index contributed by atoms with van der Waals surface area (Å²) in [5.41, 5.74) is 0.680. The number of amides is 1. The van der Waals surface area contributed by atoms with Crippen LogP contribution in [0.2, 0.25) is 0 Å². The number of benzene rings is 1. The van der Waals surface area contributed by atoms with Crippen LogP contribution in [-0.4, -0.2) is 45.2 Å². The zero-order valence-corrected chi connectivity index (χ0v) is 13.7. The minimum Gasteiger partial charge on any atom is -0.492 e. The van der Waals surface area contributed by atoms with Gasteiger partial charge in [0.05, 0.1) is 0 Å².